The van der Waals surface area contributed by atoms with Crippen molar-refractivity contribution in [1.29, 1.82) is 0 Å². The minimum atomic E-state index is -0.814. The highest BCUT2D eigenvalue weighted by atomic mass is 16.5. The Hall–Kier alpha value is -2.12. The first kappa shape index (κ1) is 20.6. The number of nitrogens with zero attached hydrogens (tertiary/aromatic N) is 2. The topological polar surface area (TPSA) is 85.1 Å². The molecule has 1 aromatic rings. The summed E-state index contributed by atoms with van der Waals surface area (Å²) in [5, 5.41) is 0. The first-order valence-corrected chi connectivity index (χ1v) is 10.1. The fourth-order valence-corrected chi connectivity index (χ4v) is 3.84. The minimum Gasteiger partial charge on any atom is -0.497 e. The molecule has 0 aliphatic carbocycles. The number of amides is 2. The highest BCUT2D eigenvalue weighted by molar-refractivity contribution is 5.86. The van der Waals surface area contributed by atoms with Crippen molar-refractivity contribution in [2.24, 2.45) is 5.73 Å². The molecule has 2 saturated heterocycles. The molecule has 0 unspecified atom stereocenters. The van der Waals surface area contributed by atoms with E-state index in [2.05, 4.69) is 0 Å². The maximum absolute atomic E-state index is 12.9. The molecule has 0 spiro atoms. The summed E-state index contributed by atoms with van der Waals surface area (Å²) in [6.45, 7) is 3.53. The summed E-state index contributed by atoms with van der Waals surface area (Å²) in [5.74, 6) is 0.955. The van der Waals surface area contributed by atoms with Gasteiger partial charge in [-0.3, -0.25) is 9.59 Å². The van der Waals surface area contributed by atoms with Crippen molar-refractivity contribution in [1.82, 2.24) is 9.80 Å². The Kier molecular flexibility index (Phi) is 6.91. The SMILES string of the molecule is COc1ccc(CCC(=O)N2CCCN(C(=O)C3(N)CCOCC3)CC2)cc1. The molecular formula is C21H31N3O4. The molecule has 0 bridgehead atoms. The lowest BCUT2D eigenvalue weighted by Gasteiger charge is -2.36. The zero-order chi connectivity index (χ0) is 20.0. The predicted molar refractivity (Wildman–Crippen MR) is 106 cm³/mol. The lowest BCUT2D eigenvalue weighted by atomic mass is 9.89. The van der Waals surface area contributed by atoms with Gasteiger partial charge in [-0.15, -0.1) is 0 Å². The molecule has 2 amide bonds. The van der Waals surface area contributed by atoms with Gasteiger partial charge in [-0.05, 0) is 43.4 Å². The largest absolute Gasteiger partial charge is 0.497 e. The standard InChI is InChI=1S/C21H31N3O4/c1-27-18-6-3-17(4-7-18)5-8-19(25)23-11-2-12-24(14-13-23)20(26)21(22)9-15-28-16-10-21/h3-4,6-7H,2,5,8-16,22H2,1H3. The molecule has 7 heteroatoms. The van der Waals surface area contributed by atoms with Crippen molar-refractivity contribution in [3.05, 3.63) is 29.8 Å². The molecule has 28 heavy (non-hydrogen) atoms. The van der Waals surface area contributed by atoms with Crippen molar-refractivity contribution in [3.8, 4) is 5.75 Å². The molecule has 2 N–H and O–H groups in total. The number of ether oxygens (including phenoxy) is 2. The summed E-state index contributed by atoms with van der Waals surface area (Å²) in [4.78, 5) is 29.3. The van der Waals surface area contributed by atoms with Gasteiger partial charge in [0.05, 0.1) is 12.6 Å². The van der Waals surface area contributed by atoms with Crippen LogP contribution in [0, 0.1) is 0 Å². The molecule has 0 atom stereocenters. The first-order chi connectivity index (χ1) is 13.5. The molecule has 154 valence electrons. The summed E-state index contributed by atoms with van der Waals surface area (Å²) in [6.07, 6.45) is 3.08. The van der Waals surface area contributed by atoms with Crippen LogP contribution < -0.4 is 10.5 Å². The van der Waals surface area contributed by atoms with Crippen LogP contribution in [0.5, 0.6) is 5.75 Å². The zero-order valence-corrected chi connectivity index (χ0v) is 16.7. The van der Waals surface area contributed by atoms with Crippen LogP contribution in [0.3, 0.4) is 0 Å². The molecular weight excluding hydrogens is 358 g/mol. The van der Waals surface area contributed by atoms with E-state index in [0.29, 0.717) is 65.1 Å². The molecule has 3 rings (SSSR count). The third-order valence-electron chi connectivity index (χ3n) is 5.73. The van der Waals surface area contributed by atoms with Gasteiger partial charge >= 0.3 is 0 Å². The van der Waals surface area contributed by atoms with E-state index in [9.17, 15) is 9.59 Å². The van der Waals surface area contributed by atoms with Crippen LogP contribution in [-0.4, -0.2) is 73.7 Å². The summed E-state index contributed by atoms with van der Waals surface area (Å²) in [6, 6.07) is 7.80. The van der Waals surface area contributed by atoms with Gasteiger partial charge < -0.3 is 25.0 Å². The van der Waals surface area contributed by atoms with E-state index in [1.165, 1.54) is 0 Å². The van der Waals surface area contributed by atoms with E-state index in [0.717, 1.165) is 17.7 Å². The lowest BCUT2D eigenvalue weighted by molar-refractivity contribution is -0.141. The van der Waals surface area contributed by atoms with E-state index in [-0.39, 0.29) is 11.8 Å². The van der Waals surface area contributed by atoms with Gasteiger partial charge in [0.2, 0.25) is 11.8 Å². The third kappa shape index (κ3) is 5.02. The molecule has 1 aromatic carbocycles. The number of hydrogen-bond acceptors (Lipinski definition) is 5. The van der Waals surface area contributed by atoms with Crippen molar-refractivity contribution >= 4 is 11.8 Å². The number of carbonyl (C=O) groups is 2. The van der Waals surface area contributed by atoms with Crippen molar-refractivity contribution in [3.63, 3.8) is 0 Å². The Balaban J connectivity index is 1.49. The van der Waals surface area contributed by atoms with E-state index < -0.39 is 5.54 Å². The fourth-order valence-electron chi connectivity index (χ4n) is 3.84. The number of nitrogens with two attached hydrogens (primary N) is 1. The van der Waals surface area contributed by atoms with Crippen LogP contribution in [0.25, 0.3) is 0 Å². The average molecular weight is 389 g/mol. The van der Waals surface area contributed by atoms with Crippen LogP contribution in [-0.2, 0) is 20.7 Å². The molecule has 0 saturated carbocycles. The average Bonchev–Trinajstić information content (AvgIpc) is 2.98. The van der Waals surface area contributed by atoms with Crippen LogP contribution in [0.1, 0.15) is 31.2 Å². The van der Waals surface area contributed by atoms with E-state index in [1.807, 2.05) is 34.1 Å². The number of methoxy groups -OCH3 is 1. The molecule has 0 radical (unpaired) electrons. The van der Waals surface area contributed by atoms with Crippen molar-refractivity contribution < 1.29 is 19.1 Å². The maximum atomic E-state index is 12.9. The van der Waals surface area contributed by atoms with Gasteiger partial charge in [-0.1, -0.05) is 12.1 Å². The fraction of sp³-hybridized carbons (Fsp3) is 0.619. The van der Waals surface area contributed by atoms with Crippen LogP contribution >= 0.6 is 0 Å². The van der Waals surface area contributed by atoms with Gasteiger partial charge in [0.25, 0.3) is 0 Å². The molecule has 2 heterocycles. The first-order valence-electron chi connectivity index (χ1n) is 10.1. The van der Waals surface area contributed by atoms with E-state index in [1.54, 1.807) is 7.11 Å². The van der Waals surface area contributed by atoms with Gasteiger partial charge in [0.1, 0.15) is 5.75 Å². The van der Waals surface area contributed by atoms with Gasteiger partial charge in [-0.25, -0.2) is 0 Å². The third-order valence-corrected chi connectivity index (χ3v) is 5.73. The summed E-state index contributed by atoms with van der Waals surface area (Å²) in [5.41, 5.74) is 6.65. The summed E-state index contributed by atoms with van der Waals surface area (Å²) < 4.78 is 10.5. The number of hydrogen-bond donors (Lipinski definition) is 1. The van der Waals surface area contributed by atoms with Crippen LogP contribution in [0.2, 0.25) is 0 Å². The minimum absolute atomic E-state index is 0.00309. The van der Waals surface area contributed by atoms with Crippen LogP contribution in [0.4, 0.5) is 0 Å². The normalized spacial score (nSPS) is 19.8. The summed E-state index contributed by atoms with van der Waals surface area (Å²) >= 11 is 0. The van der Waals surface area contributed by atoms with E-state index in [4.69, 9.17) is 15.2 Å². The Morgan fingerprint density at radius 2 is 1.71 bits per heavy atom. The molecule has 2 fully saturated rings. The Morgan fingerprint density at radius 1 is 1.07 bits per heavy atom. The van der Waals surface area contributed by atoms with Crippen molar-refractivity contribution in [2.75, 3.05) is 46.5 Å². The molecule has 7 nitrogen and oxygen atoms in total. The number of rotatable bonds is 5. The monoisotopic (exact) mass is 389 g/mol. The smallest absolute Gasteiger partial charge is 0.242 e. The highest BCUT2D eigenvalue weighted by Crippen LogP contribution is 2.21. The van der Waals surface area contributed by atoms with Gasteiger partial charge in [0, 0.05) is 45.8 Å². The lowest BCUT2D eigenvalue weighted by Crippen LogP contribution is -2.58. The number of benzene rings is 1. The Labute approximate surface area is 166 Å². The second-order valence-electron chi connectivity index (χ2n) is 7.64. The summed E-state index contributed by atoms with van der Waals surface area (Å²) in [7, 11) is 1.64. The van der Waals surface area contributed by atoms with Crippen LogP contribution in [0.15, 0.2) is 24.3 Å². The quantitative estimate of drug-likeness (QED) is 0.818. The van der Waals surface area contributed by atoms with Gasteiger partial charge in [0.15, 0.2) is 0 Å². The number of carbonyl (C=O) groups excluding carboxylic acids is 2. The zero-order valence-electron chi connectivity index (χ0n) is 16.7. The predicted octanol–water partition coefficient (Wildman–Crippen LogP) is 1.20. The molecule has 0 aromatic heterocycles. The Bertz CT molecular complexity index is 671. The molecule has 2 aliphatic heterocycles. The Morgan fingerprint density at radius 3 is 2.39 bits per heavy atom. The second kappa shape index (κ2) is 9.39. The van der Waals surface area contributed by atoms with E-state index >= 15 is 0 Å². The molecule has 2 aliphatic rings. The maximum Gasteiger partial charge on any atom is 0.242 e. The van der Waals surface area contributed by atoms with Gasteiger partial charge in [-0.2, -0.15) is 0 Å². The second-order valence-corrected chi connectivity index (χ2v) is 7.64. The van der Waals surface area contributed by atoms with Crippen molar-refractivity contribution in [2.45, 2.75) is 37.6 Å². The highest BCUT2D eigenvalue weighted by Gasteiger charge is 2.39. The number of aryl methyl sites for hydroxylation is 1.